The first kappa shape index (κ1) is 6.99. The first-order chi connectivity index (χ1) is 4.73. The van der Waals surface area contributed by atoms with Crippen molar-refractivity contribution in [3.05, 3.63) is 0 Å². The van der Waals surface area contributed by atoms with E-state index >= 15 is 0 Å². The summed E-state index contributed by atoms with van der Waals surface area (Å²) >= 11 is 4.62. The average Bonchev–Trinajstić information content (AvgIpc) is 2.62. The summed E-state index contributed by atoms with van der Waals surface area (Å²) in [5, 5.41) is 0.659. The van der Waals surface area contributed by atoms with Crippen LogP contribution in [0.5, 0.6) is 0 Å². The Bertz CT molecular complexity index is 142. The number of thiol groups is 1. The topological polar surface area (TPSA) is 3.24 Å². The number of rotatable bonds is 0. The minimum Gasteiger partial charge on any atom is -0.305 e. The van der Waals surface area contributed by atoms with E-state index in [-0.39, 0.29) is 0 Å². The highest BCUT2D eigenvalue weighted by Crippen LogP contribution is 2.55. The Balaban J connectivity index is 2.01. The third-order valence-electron chi connectivity index (χ3n) is 3.08. The molecule has 0 aromatic rings. The van der Waals surface area contributed by atoms with E-state index in [0.717, 1.165) is 0 Å². The van der Waals surface area contributed by atoms with E-state index in [1.165, 1.54) is 32.4 Å². The van der Waals surface area contributed by atoms with Gasteiger partial charge in [0.1, 0.15) is 0 Å². The molecule has 58 valence electrons. The summed E-state index contributed by atoms with van der Waals surface area (Å²) in [6.45, 7) is 2.49. The van der Waals surface area contributed by atoms with Crippen molar-refractivity contribution in [1.29, 1.82) is 0 Å². The van der Waals surface area contributed by atoms with E-state index in [4.69, 9.17) is 0 Å². The molecule has 0 radical (unpaired) electrons. The molecule has 2 aliphatic rings. The number of hydrogen-bond donors (Lipinski definition) is 1. The van der Waals surface area contributed by atoms with Crippen molar-refractivity contribution in [3.63, 3.8) is 0 Å². The Morgan fingerprint density at radius 1 is 1.40 bits per heavy atom. The largest absolute Gasteiger partial charge is 0.305 e. The van der Waals surface area contributed by atoms with Crippen LogP contribution in [-0.4, -0.2) is 30.3 Å². The second-order valence-corrected chi connectivity index (χ2v) is 4.51. The Labute approximate surface area is 68.2 Å². The maximum absolute atomic E-state index is 4.62. The van der Waals surface area contributed by atoms with Crippen LogP contribution in [0, 0.1) is 5.41 Å². The van der Waals surface area contributed by atoms with E-state index in [1.54, 1.807) is 0 Å². The van der Waals surface area contributed by atoms with Crippen molar-refractivity contribution in [3.8, 4) is 0 Å². The molecule has 1 atom stereocenters. The molecule has 0 aromatic carbocycles. The molecule has 1 spiro atoms. The van der Waals surface area contributed by atoms with Crippen molar-refractivity contribution in [2.45, 2.75) is 24.5 Å². The summed E-state index contributed by atoms with van der Waals surface area (Å²) in [5.41, 5.74) is 0.690. The van der Waals surface area contributed by atoms with Gasteiger partial charge in [-0.25, -0.2) is 0 Å². The molecule has 1 saturated carbocycles. The predicted octanol–water partition coefficient (Wildman–Crippen LogP) is 1.40. The first-order valence-electron chi connectivity index (χ1n) is 4.10. The van der Waals surface area contributed by atoms with Crippen LogP contribution in [0.25, 0.3) is 0 Å². The van der Waals surface area contributed by atoms with Gasteiger partial charge in [0.2, 0.25) is 0 Å². The second kappa shape index (κ2) is 2.15. The summed E-state index contributed by atoms with van der Waals surface area (Å²) in [6.07, 6.45) is 4.27. The molecule has 2 rings (SSSR count). The van der Waals surface area contributed by atoms with Crippen LogP contribution < -0.4 is 0 Å². The van der Waals surface area contributed by atoms with E-state index in [9.17, 15) is 0 Å². The molecule has 2 heteroatoms. The lowest BCUT2D eigenvalue weighted by atomic mass is 9.93. The molecule has 0 aromatic heterocycles. The van der Waals surface area contributed by atoms with Gasteiger partial charge in [0.15, 0.2) is 0 Å². The summed E-state index contributed by atoms with van der Waals surface area (Å²) in [6, 6.07) is 0. The molecule has 10 heavy (non-hydrogen) atoms. The monoisotopic (exact) mass is 157 g/mol. The van der Waals surface area contributed by atoms with Crippen molar-refractivity contribution in [2.24, 2.45) is 5.41 Å². The lowest BCUT2D eigenvalue weighted by Crippen LogP contribution is -2.39. The predicted molar refractivity (Wildman–Crippen MR) is 46.6 cm³/mol. The molecule has 1 saturated heterocycles. The van der Waals surface area contributed by atoms with Crippen molar-refractivity contribution >= 4 is 12.6 Å². The van der Waals surface area contributed by atoms with Crippen LogP contribution in [0.4, 0.5) is 0 Å². The highest BCUT2D eigenvalue weighted by Gasteiger charge is 2.49. The number of hydrogen-bond acceptors (Lipinski definition) is 2. The van der Waals surface area contributed by atoms with Gasteiger partial charge in [-0.05, 0) is 38.3 Å². The molecule has 1 heterocycles. The van der Waals surface area contributed by atoms with E-state index in [2.05, 4.69) is 24.6 Å². The molecule has 1 aliphatic carbocycles. The third-order valence-corrected chi connectivity index (χ3v) is 3.79. The fraction of sp³-hybridized carbons (Fsp3) is 1.00. The lowest BCUT2D eigenvalue weighted by molar-refractivity contribution is 0.215. The minimum absolute atomic E-state index is 0.659. The minimum atomic E-state index is 0.659. The number of piperidine rings is 1. The van der Waals surface area contributed by atoms with Gasteiger partial charge in [0.05, 0.1) is 0 Å². The summed E-state index contributed by atoms with van der Waals surface area (Å²) in [4.78, 5) is 2.39. The SMILES string of the molecule is CN1CCC2(CC2)C(S)C1. The van der Waals surface area contributed by atoms with Crippen LogP contribution >= 0.6 is 12.6 Å². The molecule has 2 fully saturated rings. The zero-order chi connectivity index (χ0) is 7.19. The molecular formula is C8H15NS. The summed E-state index contributed by atoms with van der Waals surface area (Å²) in [5.74, 6) is 0. The Hall–Kier alpha value is 0.310. The Kier molecular flexibility index (Phi) is 1.50. The van der Waals surface area contributed by atoms with Gasteiger partial charge in [-0.1, -0.05) is 0 Å². The zero-order valence-corrected chi connectivity index (χ0v) is 7.40. The second-order valence-electron chi connectivity index (χ2n) is 3.89. The van der Waals surface area contributed by atoms with Crippen LogP contribution in [-0.2, 0) is 0 Å². The zero-order valence-electron chi connectivity index (χ0n) is 6.51. The van der Waals surface area contributed by atoms with E-state index < -0.39 is 0 Å². The van der Waals surface area contributed by atoms with Gasteiger partial charge >= 0.3 is 0 Å². The standard InChI is InChI=1S/C8H15NS/c1-9-5-4-8(2-3-8)7(10)6-9/h7,10H,2-6H2,1H3. The first-order valence-corrected chi connectivity index (χ1v) is 4.61. The van der Waals surface area contributed by atoms with Crippen LogP contribution in [0.2, 0.25) is 0 Å². The molecule has 0 bridgehead atoms. The number of likely N-dealkylation sites (tertiary alicyclic amines) is 1. The maximum Gasteiger partial charge on any atom is 0.0201 e. The van der Waals surface area contributed by atoms with Gasteiger partial charge < -0.3 is 4.90 Å². The summed E-state index contributed by atoms with van der Waals surface area (Å²) in [7, 11) is 2.19. The van der Waals surface area contributed by atoms with Crippen molar-refractivity contribution in [1.82, 2.24) is 4.90 Å². The van der Waals surface area contributed by atoms with Gasteiger partial charge in [-0.15, -0.1) is 0 Å². The molecule has 1 aliphatic heterocycles. The van der Waals surface area contributed by atoms with E-state index in [1.807, 2.05) is 0 Å². The number of nitrogens with zero attached hydrogens (tertiary/aromatic N) is 1. The third kappa shape index (κ3) is 0.978. The normalized spacial score (nSPS) is 38.4. The highest BCUT2D eigenvalue weighted by molar-refractivity contribution is 7.81. The smallest absolute Gasteiger partial charge is 0.0201 e. The van der Waals surface area contributed by atoms with Crippen molar-refractivity contribution < 1.29 is 0 Å². The Morgan fingerprint density at radius 3 is 2.60 bits per heavy atom. The lowest BCUT2D eigenvalue weighted by Gasteiger charge is -2.34. The molecular weight excluding hydrogens is 142 g/mol. The van der Waals surface area contributed by atoms with E-state index in [0.29, 0.717) is 10.7 Å². The fourth-order valence-corrected chi connectivity index (χ4v) is 2.57. The quantitative estimate of drug-likeness (QED) is 0.520. The molecule has 1 unspecified atom stereocenters. The van der Waals surface area contributed by atoms with Crippen LogP contribution in [0.3, 0.4) is 0 Å². The average molecular weight is 157 g/mol. The molecule has 0 amide bonds. The van der Waals surface area contributed by atoms with Gasteiger partial charge in [-0.2, -0.15) is 12.6 Å². The Morgan fingerprint density at radius 2 is 2.10 bits per heavy atom. The van der Waals surface area contributed by atoms with Crippen molar-refractivity contribution in [2.75, 3.05) is 20.1 Å². The maximum atomic E-state index is 4.62. The summed E-state index contributed by atoms with van der Waals surface area (Å²) < 4.78 is 0. The highest BCUT2D eigenvalue weighted by atomic mass is 32.1. The van der Waals surface area contributed by atoms with Crippen LogP contribution in [0.15, 0.2) is 0 Å². The molecule has 1 nitrogen and oxygen atoms in total. The fourth-order valence-electron chi connectivity index (χ4n) is 1.90. The van der Waals surface area contributed by atoms with Gasteiger partial charge in [-0.3, -0.25) is 0 Å². The van der Waals surface area contributed by atoms with Crippen LogP contribution in [0.1, 0.15) is 19.3 Å². The van der Waals surface area contributed by atoms with Gasteiger partial charge in [0, 0.05) is 11.8 Å². The van der Waals surface area contributed by atoms with Gasteiger partial charge in [0.25, 0.3) is 0 Å². The molecule has 0 N–H and O–H groups in total.